The van der Waals surface area contributed by atoms with Gasteiger partial charge >= 0.3 is 39.5 Å². The molecule has 2 unspecified atom stereocenters. The normalized spacial score (nSPS) is 14.5. The number of allylic oxidation sites excluding steroid dienone is 24. The van der Waals surface area contributed by atoms with Crippen molar-refractivity contribution in [2.45, 2.75) is 354 Å². The first-order valence-electron chi connectivity index (χ1n) is 42.1. The van der Waals surface area contributed by atoms with Gasteiger partial charge in [0.05, 0.1) is 26.4 Å². The second kappa shape index (κ2) is 80.0. The van der Waals surface area contributed by atoms with Crippen LogP contribution in [-0.2, 0) is 65.4 Å². The highest BCUT2D eigenvalue weighted by atomic mass is 31.2. The number of aliphatic hydroxyl groups is 1. The third kappa shape index (κ3) is 79.0. The number of phosphoric ester groups is 2. The van der Waals surface area contributed by atoms with Crippen LogP contribution in [0.5, 0.6) is 0 Å². The van der Waals surface area contributed by atoms with Gasteiger partial charge in [0.2, 0.25) is 0 Å². The highest BCUT2D eigenvalue weighted by molar-refractivity contribution is 7.47. The number of rotatable bonds is 78. The highest BCUT2D eigenvalue weighted by Crippen LogP contribution is 2.45. The molecule has 0 aliphatic carbocycles. The minimum Gasteiger partial charge on any atom is -0.462 e. The van der Waals surface area contributed by atoms with Crippen molar-refractivity contribution in [1.82, 2.24) is 0 Å². The van der Waals surface area contributed by atoms with Crippen LogP contribution >= 0.6 is 15.6 Å². The number of esters is 4. The number of unbranched alkanes of at least 4 members (excludes halogenated alkanes) is 28. The van der Waals surface area contributed by atoms with E-state index in [2.05, 4.69) is 161 Å². The molecule has 0 rings (SSSR count). The number of ether oxygens (including phenoxy) is 4. The van der Waals surface area contributed by atoms with Crippen LogP contribution in [0.2, 0.25) is 0 Å². The zero-order valence-electron chi connectivity index (χ0n) is 67.7. The van der Waals surface area contributed by atoms with Crippen LogP contribution in [0.3, 0.4) is 0 Å². The summed E-state index contributed by atoms with van der Waals surface area (Å²) in [6.07, 6.45) is 92.6. The maximum absolute atomic E-state index is 13.1. The van der Waals surface area contributed by atoms with Crippen LogP contribution in [0.4, 0.5) is 0 Å². The topological polar surface area (TPSA) is 237 Å². The van der Waals surface area contributed by atoms with Crippen molar-refractivity contribution in [1.29, 1.82) is 0 Å². The summed E-state index contributed by atoms with van der Waals surface area (Å²) >= 11 is 0. The van der Waals surface area contributed by atoms with Crippen molar-refractivity contribution < 1.29 is 80.2 Å². The minimum absolute atomic E-state index is 0.0331. The van der Waals surface area contributed by atoms with Gasteiger partial charge in [0.15, 0.2) is 12.2 Å². The van der Waals surface area contributed by atoms with Crippen molar-refractivity contribution in [3.05, 3.63) is 146 Å². The van der Waals surface area contributed by atoms with E-state index in [1.165, 1.54) is 96.3 Å². The van der Waals surface area contributed by atoms with E-state index in [9.17, 15) is 43.2 Å². The van der Waals surface area contributed by atoms with Crippen molar-refractivity contribution in [3.63, 3.8) is 0 Å². The average Bonchev–Trinajstić information content (AvgIpc) is 0.923. The standard InChI is InChI=1S/C89H150O17P2/c1-5-9-13-17-21-25-29-33-37-39-41-43-47-49-53-57-61-65-69-73-86(91)99-79-84(105-88(93)75-71-67-63-59-55-51-45-35-31-27-23-19-15-11-7-3)81-103-107(95,96)101-77-83(90)78-102-108(97,98)104-82-85(106-89(94)76-72-68-64-60-56-52-46-36-32-28-24-20-16-12-8-4)80-100-87(92)74-70-66-62-58-54-50-48-44-42-40-38-34-30-26-22-18-14-10-6-2/h9,13,21-22,25-26,33-38,41-46,49-50,53-54,62,66,83-85,90H,5-8,10-12,14-20,23-24,27-32,39-40,47-48,51-52,55-61,63-65,67-82H2,1-4H3,(H,95,96)(H,97,98)/b13-9-,25-21-,26-22-,37-33-,38-34-,43-41-,44-42-,45-35-,46-36-,53-49-,54-50-,66-62-/t83-,84-,85-/m1/s1. The quantitative estimate of drug-likeness (QED) is 0.0169. The molecule has 0 fully saturated rings. The Labute approximate surface area is 656 Å². The van der Waals surface area contributed by atoms with Crippen molar-refractivity contribution in [2.75, 3.05) is 39.6 Å². The van der Waals surface area contributed by atoms with Gasteiger partial charge in [-0.15, -0.1) is 0 Å². The maximum atomic E-state index is 13.1. The van der Waals surface area contributed by atoms with Gasteiger partial charge in [-0.2, -0.15) is 0 Å². The molecule has 0 aromatic rings. The first kappa shape index (κ1) is 103. The Kier molecular flexibility index (Phi) is 76.3. The summed E-state index contributed by atoms with van der Waals surface area (Å²) in [5.74, 6) is -2.32. The smallest absolute Gasteiger partial charge is 0.462 e. The molecular formula is C89H150O17P2. The minimum atomic E-state index is -5.00. The Hall–Kier alpha value is -5.06. The van der Waals surface area contributed by atoms with Gasteiger partial charge in [-0.3, -0.25) is 37.3 Å². The zero-order chi connectivity index (χ0) is 78.9. The molecule has 0 aliphatic rings. The van der Waals surface area contributed by atoms with Gasteiger partial charge in [0, 0.05) is 25.7 Å². The van der Waals surface area contributed by atoms with Crippen LogP contribution in [0.1, 0.15) is 336 Å². The van der Waals surface area contributed by atoms with Gasteiger partial charge in [-0.1, -0.05) is 296 Å². The molecule has 0 spiro atoms. The summed E-state index contributed by atoms with van der Waals surface area (Å²) < 4.78 is 68.6. The van der Waals surface area contributed by atoms with Crippen LogP contribution in [0.25, 0.3) is 0 Å². The monoisotopic (exact) mass is 1550 g/mol. The predicted octanol–water partition coefficient (Wildman–Crippen LogP) is 25.0. The lowest BCUT2D eigenvalue weighted by molar-refractivity contribution is -0.161. The summed E-state index contributed by atoms with van der Waals surface area (Å²) in [4.78, 5) is 73.1. The zero-order valence-corrected chi connectivity index (χ0v) is 69.5. The summed E-state index contributed by atoms with van der Waals surface area (Å²) in [6.45, 7) is 4.61. The van der Waals surface area contributed by atoms with Gasteiger partial charge in [-0.05, 0) is 161 Å². The lowest BCUT2D eigenvalue weighted by Crippen LogP contribution is -2.30. The van der Waals surface area contributed by atoms with Crippen LogP contribution in [0, 0.1) is 0 Å². The van der Waals surface area contributed by atoms with Gasteiger partial charge in [0.25, 0.3) is 0 Å². The molecule has 0 aromatic heterocycles. The van der Waals surface area contributed by atoms with Crippen molar-refractivity contribution in [2.24, 2.45) is 0 Å². The van der Waals surface area contributed by atoms with Crippen LogP contribution in [0.15, 0.2) is 146 Å². The second-order valence-corrected chi connectivity index (χ2v) is 30.6. The molecule has 108 heavy (non-hydrogen) atoms. The summed E-state index contributed by atoms with van der Waals surface area (Å²) in [6, 6.07) is 0. The lowest BCUT2D eigenvalue weighted by atomic mass is 10.1. The van der Waals surface area contributed by atoms with E-state index < -0.39 is 97.5 Å². The fraction of sp³-hybridized carbons (Fsp3) is 0.685. The Bertz CT molecular complexity index is 2610. The molecular weight excluding hydrogens is 1400 g/mol. The van der Waals surface area contributed by atoms with E-state index in [-0.39, 0.29) is 25.7 Å². The number of phosphoric acid groups is 2. The van der Waals surface area contributed by atoms with Crippen molar-refractivity contribution in [3.8, 4) is 0 Å². The Morgan fingerprint density at radius 3 is 0.833 bits per heavy atom. The number of hydrogen-bond donors (Lipinski definition) is 3. The van der Waals surface area contributed by atoms with Crippen molar-refractivity contribution >= 4 is 39.5 Å². The molecule has 17 nitrogen and oxygen atoms in total. The molecule has 0 aliphatic heterocycles. The van der Waals surface area contributed by atoms with Gasteiger partial charge < -0.3 is 33.8 Å². The molecule has 19 heteroatoms. The second-order valence-electron chi connectivity index (χ2n) is 27.7. The van der Waals surface area contributed by atoms with E-state index >= 15 is 0 Å². The molecule has 0 heterocycles. The molecule has 0 radical (unpaired) electrons. The van der Waals surface area contributed by atoms with E-state index in [1.807, 2.05) is 12.2 Å². The molecule has 0 saturated heterocycles. The Morgan fingerprint density at radius 1 is 0.269 bits per heavy atom. The number of hydrogen-bond acceptors (Lipinski definition) is 15. The van der Waals surface area contributed by atoms with E-state index in [1.54, 1.807) is 0 Å². The number of carbonyl (C=O) groups is 4. The lowest BCUT2D eigenvalue weighted by Gasteiger charge is -2.21. The fourth-order valence-electron chi connectivity index (χ4n) is 10.9. The first-order chi connectivity index (χ1) is 52.7. The van der Waals surface area contributed by atoms with Crippen LogP contribution < -0.4 is 0 Å². The molecule has 0 amide bonds. The van der Waals surface area contributed by atoms with Gasteiger partial charge in [-0.25, -0.2) is 9.13 Å². The third-order valence-corrected chi connectivity index (χ3v) is 19.2. The molecule has 0 saturated carbocycles. The maximum Gasteiger partial charge on any atom is 0.472 e. The third-order valence-electron chi connectivity index (χ3n) is 17.3. The van der Waals surface area contributed by atoms with E-state index in [4.69, 9.17) is 37.0 Å². The fourth-order valence-corrected chi connectivity index (χ4v) is 12.4. The Morgan fingerprint density at radius 2 is 0.500 bits per heavy atom. The number of carbonyl (C=O) groups excluding carboxylic acids is 4. The highest BCUT2D eigenvalue weighted by Gasteiger charge is 2.30. The summed E-state index contributed by atoms with van der Waals surface area (Å²) in [5, 5.41) is 10.7. The molecule has 3 N–H and O–H groups in total. The molecule has 0 bridgehead atoms. The van der Waals surface area contributed by atoms with Gasteiger partial charge in [0.1, 0.15) is 19.3 Å². The Balaban J connectivity index is 5.47. The first-order valence-corrected chi connectivity index (χ1v) is 45.1. The average molecular weight is 1550 g/mol. The van der Waals surface area contributed by atoms with E-state index in [0.29, 0.717) is 32.1 Å². The van der Waals surface area contributed by atoms with E-state index in [0.717, 1.165) is 154 Å². The number of aliphatic hydroxyl groups excluding tert-OH is 1. The molecule has 5 atom stereocenters. The largest absolute Gasteiger partial charge is 0.472 e. The predicted molar refractivity (Wildman–Crippen MR) is 445 cm³/mol. The molecule has 0 aromatic carbocycles. The van der Waals surface area contributed by atoms with Crippen LogP contribution in [-0.4, -0.2) is 96.7 Å². The SMILES string of the molecule is CC/C=C\C/C=C\C/C=C\C/C=C\C/C=C\CCCCCC(=O)OC[C@H](COP(=O)(O)OC[C@@H](O)COP(=O)(O)OC[C@@H](COC(=O)CC/C=C\C/C=C\C/C=C\C/C=C\C/C=C\CCCCC)OC(=O)CCCCCCC/C=C\CCCCCCCC)OC(=O)CCCCCCC/C=C\CCCCCCCC. The molecule has 618 valence electrons. The summed E-state index contributed by atoms with van der Waals surface area (Å²) in [7, 11) is -10.0. The summed E-state index contributed by atoms with van der Waals surface area (Å²) in [5.41, 5.74) is 0.